The average Bonchev–Trinajstić information content (AvgIpc) is 3.12. The predicted molar refractivity (Wildman–Crippen MR) is 171 cm³/mol. The molecule has 3 nitrogen and oxygen atoms in total. The van der Waals surface area contributed by atoms with Crippen molar-refractivity contribution in [3.8, 4) is 0 Å². The van der Waals surface area contributed by atoms with E-state index in [1.165, 1.54) is 11.1 Å². The number of fused-ring (bicyclic) bond motifs is 3. The van der Waals surface area contributed by atoms with Gasteiger partial charge in [-0.25, -0.2) is 0 Å². The minimum Gasteiger partial charge on any atom is -0.407 e. The molecule has 1 aromatic heterocycles. The molecule has 40 heavy (non-hydrogen) atoms. The topological polar surface area (TPSA) is 29.5 Å². The molecule has 0 aliphatic rings. The van der Waals surface area contributed by atoms with Crippen molar-refractivity contribution in [2.24, 2.45) is 0 Å². The lowest BCUT2D eigenvalue weighted by Gasteiger charge is -2.32. The molecule has 4 aromatic carbocycles. The van der Waals surface area contributed by atoms with E-state index in [1.54, 1.807) is 0 Å². The third-order valence-corrected chi connectivity index (χ3v) is 9.10. The highest BCUT2D eigenvalue weighted by Crippen LogP contribution is 2.47. The number of allylic oxidation sites excluding steroid dienone is 2. The van der Waals surface area contributed by atoms with Crippen LogP contribution >= 0.6 is 8.16 Å². The van der Waals surface area contributed by atoms with Gasteiger partial charge in [-0.15, -0.1) is 0 Å². The summed E-state index contributed by atoms with van der Waals surface area (Å²) in [6, 6.07) is 34.1. The van der Waals surface area contributed by atoms with Crippen molar-refractivity contribution in [3.05, 3.63) is 144 Å². The Hall–Kier alpha value is -3.78. The van der Waals surface area contributed by atoms with E-state index in [4.69, 9.17) is 8.39 Å². The van der Waals surface area contributed by atoms with Crippen LogP contribution in [0.15, 0.2) is 130 Å². The average molecular weight is 548 g/mol. The first-order valence-corrected chi connectivity index (χ1v) is 15.0. The molecule has 204 valence electrons. The van der Waals surface area contributed by atoms with Gasteiger partial charge in [0, 0.05) is 22.9 Å². The molecular weight excluding hydrogens is 509 g/mol. The Morgan fingerprint density at radius 1 is 0.625 bits per heavy atom. The summed E-state index contributed by atoms with van der Waals surface area (Å²) < 4.78 is 16.6. The molecular formula is C36H38NO2P. The molecule has 0 radical (unpaired) electrons. The van der Waals surface area contributed by atoms with E-state index in [1.807, 2.05) is 0 Å². The largest absolute Gasteiger partial charge is 0.407 e. The molecule has 0 saturated heterocycles. The second-order valence-electron chi connectivity index (χ2n) is 10.8. The van der Waals surface area contributed by atoms with Crippen LogP contribution in [-0.2, 0) is 12.8 Å². The van der Waals surface area contributed by atoms with Crippen LogP contribution in [0.3, 0.4) is 0 Å². The first kappa shape index (κ1) is 27.8. The van der Waals surface area contributed by atoms with E-state index in [-0.39, 0.29) is 12.1 Å². The van der Waals surface area contributed by atoms with Crippen LogP contribution in [-0.4, -0.2) is 0 Å². The van der Waals surface area contributed by atoms with E-state index in [0.29, 0.717) is 0 Å². The number of hydrogen-bond donors (Lipinski definition) is 0. The maximum Gasteiger partial charge on any atom is 0.310 e. The number of benzene rings is 4. The van der Waals surface area contributed by atoms with Crippen LogP contribution < -0.4 is 4.67 Å². The molecule has 0 amide bonds. The van der Waals surface area contributed by atoms with E-state index in [2.05, 4.69) is 143 Å². The van der Waals surface area contributed by atoms with Crippen molar-refractivity contribution in [2.75, 3.05) is 4.67 Å². The summed E-state index contributed by atoms with van der Waals surface area (Å²) in [5.41, 5.74) is 8.63. The zero-order chi connectivity index (χ0) is 28.2. The van der Waals surface area contributed by atoms with Gasteiger partial charge in [0.2, 0.25) is 0 Å². The fraction of sp³-hybridized carbons (Fsp3) is 0.222. The summed E-state index contributed by atoms with van der Waals surface area (Å²) in [4.78, 5) is 0. The predicted octanol–water partition coefficient (Wildman–Crippen LogP) is 11.0. The Balaban J connectivity index is 1.87. The molecule has 0 spiro atoms. The first-order valence-electron chi connectivity index (χ1n) is 13.9. The van der Waals surface area contributed by atoms with Crippen LogP contribution in [0.5, 0.6) is 0 Å². The van der Waals surface area contributed by atoms with Crippen LogP contribution in [0, 0.1) is 0 Å². The summed E-state index contributed by atoms with van der Waals surface area (Å²) in [6.07, 6.45) is 1.49. The summed E-state index contributed by atoms with van der Waals surface area (Å²) >= 11 is 0. The maximum absolute atomic E-state index is 7.08. The lowest BCUT2D eigenvalue weighted by Crippen LogP contribution is -2.27. The summed E-state index contributed by atoms with van der Waals surface area (Å²) in [5.74, 6) is 0. The second-order valence-corrected chi connectivity index (χ2v) is 12.1. The molecule has 1 heterocycles. The summed E-state index contributed by atoms with van der Waals surface area (Å²) in [6.45, 7) is 17.0. The Morgan fingerprint density at radius 2 is 1.02 bits per heavy atom. The van der Waals surface area contributed by atoms with Crippen molar-refractivity contribution in [1.82, 2.24) is 0 Å². The first-order chi connectivity index (χ1) is 19.3. The summed E-state index contributed by atoms with van der Waals surface area (Å²) in [7, 11) is -1.57. The van der Waals surface area contributed by atoms with E-state index in [0.717, 1.165) is 57.1 Å². The van der Waals surface area contributed by atoms with Crippen molar-refractivity contribution in [3.63, 3.8) is 0 Å². The lowest BCUT2D eigenvalue weighted by atomic mass is 10.0. The Kier molecular flexibility index (Phi) is 8.45. The van der Waals surface area contributed by atoms with Crippen LogP contribution in [0.2, 0.25) is 0 Å². The third-order valence-electron chi connectivity index (χ3n) is 7.35. The second kappa shape index (κ2) is 12.2. The van der Waals surface area contributed by atoms with Gasteiger partial charge >= 0.3 is 8.16 Å². The fourth-order valence-electron chi connectivity index (χ4n) is 5.39. The van der Waals surface area contributed by atoms with Crippen molar-refractivity contribution >= 4 is 30.1 Å². The van der Waals surface area contributed by atoms with Crippen molar-refractivity contribution in [1.29, 1.82) is 0 Å². The van der Waals surface area contributed by atoms with Crippen molar-refractivity contribution in [2.45, 2.75) is 52.6 Å². The van der Waals surface area contributed by atoms with Gasteiger partial charge in [0.1, 0.15) is 11.2 Å². The van der Waals surface area contributed by atoms with Gasteiger partial charge in [-0.2, -0.15) is 4.67 Å². The molecule has 0 aliphatic carbocycles. The molecule has 5 rings (SSSR count). The molecule has 0 bridgehead atoms. The molecule has 5 aromatic rings. The highest BCUT2D eigenvalue weighted by Gasteiger charge is 2.29. The summed E-state index contributed by atoms with van der Waals surface area (Å²) in [5, 5.41) is 2.11. The molecule has 2 atom stereocenters. The molecule has 0 unspecified atom stereocenters. The van der Waals surface area contributed by atoms with Crippen LogP contribution in [0.1, 0.15) is 62.0 Å². The Labute approximate surface area is 239 Å². The minimum atomic E-state index is -1.57. The zero-order valence-electron chi connectivity index (χ0n) is 23.9. The van der Waals surface area contributed by atoms with E-state index in [9.17, 15) is 0 Å². The van der Waals surface area contributed by atoms with E-state index < -0.39 is 8.16 Å². The highest BCUT2D eigenvalue weighted by molar-refractivity contribution is 7.39. The van der Waals surface area contributed by atoms with Gasteiger partial charge in [0.15, 0.2) is 0 Å². The molecule has 0 fully saturated rings. The fourth-order valence-corrected chi connectivity index (χ4v) is 7.20. The van der Waals surface area contributed by atoms with Crippen molar-refractivity contribution < 1.29 is 8.39 Å². The van der Waals surface area contributed by atoms with Gasteiger partial charge in [-0.3, -0.25) is 0 Å². The zero-order valence-corrected chi connectivity index (χ0v) is 24.8. The van der Waals surface area contributed by atoms with Gasteiger partial charge in [-0.1, -0.05) is 121 Å². The number of rotatable bonds is 9. The number of nitrogens with zero attached hydrogens (tertiary/aromatic N) is 1. The SMILES string of the molecule is C=C(C)Cc1cccc2c1op(N([C@H](C)c1ccccc1)[C@H](C)c1ccccc1)oc1c(CC(=C)C)cccc12. The van der Waals surface area contributed by atoms with Gasteiger partial charge in [-0.05, 0) is 62.8 Å². The van der Waals surface area contributed by atoms with Gasteiger partial charge < -0.3 is 8.39 Å². The van der Waals surface area contributed by atoms with Crippen LogP contribution in [0.25, 0.3) is 21.9 Å². The standard InChI is InChI=1S/C36H38NO2P/c1-25(2)23-31-19-13-21-33-34-22-14-20-32(24-26(3)4)36(34)39-40(38-35(31)33)37(27(5)29-15-9-7-10-16-29)28(6)30-17-11-8-12-18-30/h7-22,27-28H,1,3,23-24H2,2,4-6H3/t27-,28-/m1/s1. The molecule has 0 saturated carbocycles. The highest BCUT2D eigenvalue weighted by atomic mass is 31.1. The Bertz CT molecular complexity index is 1560. The molecule has 4 heteroatoms. The normalized spacial score (nSPS) is 12.9. The third kappa shape index (κ3) is 5.87. The lowest BCUT2D eigenvalue weighted by molar-refractivity contribution is 0.556. The van der Waals surface area contributed by atoms with Gasteiger partial charge in [0.25, 0.3) is 0 Å². The quantitative estimate of drug-likeness (QED) is 0.172. The van der Waals surface area contributed by atoms with Crippen LogP contribution in [0.4, 0.5) is 0 Å². The monoisotopic (exact) mass is 547 g/mol. The smallest absolute Gasteiger partial charge is 0.310 e. The Morgan fingerprint density at radius 3 is 1.40 bits per heavy atom. The molecule has 0 N–H and O–H groups in total. The number of hydrogen-bond acceptors (Lipinski definition) is 3. The van der Waals surface area contributed by atoms with E-state index >= 15 is 0 Å². The maximum atomic E-state index is 7.08. The van der Waals surface area contributed by atoms with Gasteiger partial charge in [0.05, 0.1) is 0 Å². The number of para-hydroxylation sites is 2. The molecule has 0 aliphatic heterocycles. The minimum absolute atomic E-state index is 0.0362.